The number of aryl methyl sites for hydroxylation is 1. The maximum absolute atomic E-state index is 11.2. The number of rotatable bonds is 8. The number of aromatic nitrogens is 2. The van der Waals surface area contributed by atoms with Crippen LogP contribution in [-0.2, 0) is 11.3 Å². The van der Waals surface area contributed by atoms with Crippen LogP contribution in [0.25, 0.3) is 11.3 Å². The van der Waals surface area contributed by atoms with Crippen molar-refractivity contribution in [3.63, 3.8) is 0 Å². The molecule has 162 valence electrons. The predicted octanol–water partition coefficient (Wildman–Crippen LogP) is 6.16. The van der Waals surface area contributed by atoms with Crippen molar-refractivity contribution < 1.29 is 14.6 Å². The molecule has 2 N–H and O–H groups in total. The number of carboxylic acids is 1. The first-order valence-electron chi connectivity index (χ1n) is 9.77. The molecule has 0 fully saturated rings. The summed E-state index contributed by atoms with van der Waals surface area (Å²) in [5.74, 6) is -0.634. The molecule has 0 spiro atoms. The van der Waals surface area contributed by atoms with Crippen LogP contribution in [0.15, 0.2) is 47.4 Å². The molecule has 3 aromatic rings. The van der Waals surface area contributed by atoms with E-state index in [4.69, 9.17) is 21.3 Å². The number of hydrogen-bond donors (Lipinski definition) is 2. The normalized spacial score (nSPS) is 11.0. The van der Waals surface area contributed by atoms with Gasteiger partial charge in [0.2, 0.25) is 5.95 Å². The zero-order chi connectivity index (χ0) is 22.5. The lowest BCUT2D eigenvalue weighted by atomic mass is 9.97. The van der Waals surface area contributed by atoms with Crippen LogP contribution in [0.1, 0.15) is 40.9 Å². The molecule has 1 heterocycles. The highest BCUT2D eigenvalue weighted by Crippen LogP contribution is 2.33. The summed E-state index contributed by atoms with van der Waals surface area (Å²) >= 11 is 7.66. The Hall–Kier alpha value is -2.61. The van der Waals surface area contributed by atoms with Crippen molar-refractivity contribution in [2.45, 2.75) is 45.3 Å². The summed E-state index contributed by atoms with van der Waals surface area (Å²) in [6.07, 6.45) is 0.110. The van der Waals surface area contributed by atoms with Gasteiger partial charge in [-0.25, -0.2) is 14.8 Å². The van der Waals surface area contributed by atoms with Crippen molar-refractivity contribution >= 4 is 35.5 Å². The van der Waals surface area contributed by atoms with E-state index < -0.39 is 5.97 Å². The molecular weight excluding hydrogens is 434 g/mol. The molecule has 0 atom stereocenters. The topological polar surface area (TPSA) is 84.3 Å². The second-order valence-electron chi connectivity index (χ2n) is 7.32. The Morgan fingerprint density at radius 3 is 2.65 bits per heavy atom. The molecule has 31 heavy (non-hydrogen) atoms. The van der Waals surface area contributed by atoms with Gasteiger partial charge in [-0.05, 0) is 69.0 Å². The van der Waals surface area contributed by atoms with Gasteiger partial charge < -0.3 is 9.84 Å². The Morgan fingerprint density at radius 1 is 1.19 bits per heavy atom. The lowest BCUT2D eigenvalue weighted by Gasteiger charge is -2.17. The van der Waals surface area contributed by atoms with Crippen LogP contribution in [-0.4, -0.2) is 27.1 Å². The fourth-order valence-electron chi connectivity index (χ4n) is 3.02. The Bertz CT molecular complexity index is 1110. The second kappa shape index (κ2) is 10.1. The number of nitrogens with one attached hydrogen (secondary N) is 1. The number of ether oxygens (including phenoxy) is 1. The first-order chi connectivity index (χ1) is 14.8. The largest absolute Gasteiger partial charge is 0.478 e. The number of halogens is 1. The summed E-state index contributed by atoms with van der Waals surface area (Å²) < 4.78 is 8.92. The van der Waals surface area contributed by atoms with Gasteiger partial charge >= 0.3 is 5.97 Å². The van der Waals surface area contributed by atoms with Crippen molar-refractivity contribution in [3.8, 4) is 11.3 Å². The Balaban J connectivity index is 1.94. The van der Waals surface area contributed by atoms with Gasteiger partial charge in [-0.1, -0.05) is 35.9 Å². The summed E-state index contributed by atoms with van der Waals surface area (Å²) in [6, 6.07) is 12.7. The molecule has 2 aromatic carbocycles. The van der Waals surface area contributed by atoms with Crippen molar-refractivity contribution in [3.05, 3.63) is 69.9 Å². The van der Waals surface area contributed by atoms with E-state index in [0.717, 1.165) is 32.8 Å². The van der Waals surface area contributed by atoms with Gasteiger partial charge in [0, 0.05) is 16.0 Å². The SMILES string of the molecule is Cc1cccc(COC(C)C)c1-c1nc(NSc2cccc(C(=O)O)c2)nc(Cl)c1C. The van der Waals surface area contributed by atoms with Crippen molar-refractivity contribution in [2.24, 2.45) is 0 Å². The third kappa shape index (κ3) is 5.76. The lowest BCUT2D eigenvalue weighted by molar-refractivity contribution is 0.0659. The molecule has 3 rings (SSSR count). The molecule has 0 aliphatic heterocycles. The summed E-state index contributed by atoms with van der Waals surface area (Å²) in [6.45, 7) is 8.39. The second-order valence-corrected chi connectivity index (χ2v) is 8.56. The fraction of sp³-hybridized carbons (Fsp3) is 0.261. The molecule has 8 heteroatoms. The Morgan fingerprint density at radius 2 is 1.94 bits per heavy atom. The van der Waals surface area contributed by atoms with Gasteiger partial charge in [-0.2, -0.15) is 0 Å². The Kier molecular flexibility index (Phi) is 7.54. The maximum Gasteiger partial charge on any atom is 0.335 e. The minimum absolute atomic E-state index is 0.110. The molecule has 0 amide bonds. The minimum Gasteiger partial charge on any atom is -0.478 e. The maximum atomic E-state index is 11.2. The third-order valence-electron chi connectivity index (χ3n) is 4.60. The number of carboxylic acid groups (broad SMARTS) is 1. The number of benzene rings is 2. The average molecular weight is 458 g/mol. The quantitative estimate of drug-likeness (QED) is 0.309. The molecule has 0 aliphatic rings. The van der Waals surface area contributed by atoms with E-state index in [2.05, 4.69) is 9.71 Å². The number of anilines is 1. The molecule has 0 saturated heterocycles. The van der Waals surface area contributed by atoms with E-state index in [0.29, 0.717) is 17.7 Å². The van der Waals surface area contributed by atoms with Crippen LogP contribution < -0.4 is 4.72 Å². The van der Waals surface area contributed by atoms with E-state index in [1.54, 1.807) is 18.2 Å². The molecule has 0 aliphatic carbocycles. The van der Waals surface area contributed by atoms with Crippen molar-refractivity contribution in [1.29, 1.82) is 0 Å². The van der Waals surface area contributed by atoms with Crippen LogP contribution in [0, 0.1) is 13.8 Å². The summed E-state index contributed by atoms with van der Waals surface area (Å²) in [5.41, 5.74) is 4.80. The zero-order valence-electron chi connectivity index (χ0n) is 17.8. The highest BCUT2D eigenvalue weighted by molar-refractivity contribution is 8.00. The fourth-order valence-corrected chi connectivity index (χ4v) is 3.82. The van der Waals surface area contributed by atoms with E-state index in [1.807, 2.05) is 52.0 Å². The molecule has 0 saturated carbocycles. The first-order valence-corrected chi connectivity index (χ1v) is 11.0. The van der Waals surface area contributed by atoms with Gasteiger partial charge in [0.1, 0.15) is 5.15 Å². The third-order valence-corrected chi connectivity index (χ3v) is 5.74. The molecule has 0 unspecified atom stereocenters. The smallest absolute Gasteiger partial charge is 0.335 e. The lowest BCUT2D eigenvalue weighted by Crippen LogP contribution is -2.06. The van der Waals surface area contributed by atoms with Crippen molar-refractivity contribution in [1.82, 2.24) is 9.97 Å². The highest BCUT2D eigenvalue weighted by Gasteiger charge is 2.17. The summed E-state index contributed by atoms with van der Waals surface area (Å²) in [4.78, 5) is 21.0. The molecular formula is C23H24ClN3O3S. The molecule has 0 bridgehead atoms. The van der Waals surface area contributed by atoms with Crippen LogP contribution in [0.4, 0.5) is 5.95 Å². The van der Waals surface area contributed by atoms with E-state index in [-0.39, 0.29) is 11.7 Å². The average Bonchev–Trinajstić information content (AvgIpc) is 2.73. The number of hydrogen-bond acceptors (Lipinski definition) is 6. The van der Waals surface area contributed by atoms with Gasteiger partial charge in [0.25, 0.3) is 0 Å². The van der Waals surface area contributed by atoms with Gasteiger partial charge in [0.05, 0.1) is 24.0 Å². The Labute approximate surface area is 191 Å². The molecule has 1 aromatic heterocycles. The number of carbonyl (C=O) groups is 1. The highest BCUT2D eigenvalue weighted by atomic mass is 35.5. The molecule has 0 radical (unpaired) electrons. The predicted molar refractivity (Wildman–Crippen MR) is 125 cm³/mol. The van der Waals surface area contributed by atoms with E-state index in [9.17, 15) is 9.90 Å². The van der Waals surface area contributed by atoms with Crippen LogP contribution in [0.5, 0.6) is 0 Å². The van der Waals surface area contributed by atoms with Crippen LogP contribution in [0.3, 0.4) is 0 Å². The minimum atomic E-state index is -0.977. The summed E-state index contributed by atoms with van der Waals surface area (Å²) in [5, 5.41) is 9.52. The number of aromatic carboxylic acids is 1. The molecule has 6 nitrogen and oxygen atoms in total. The van der Waals surface area contributed by atoms with Crippen LogP contribution in [0.2, 0.25) is 5.15 Å². The standard InChI is InChI=1S/C23H24ClN3O3S/c1-13(2)30-12-17-9-5-7-14(3)19(17)20-15(4)21(24)26-23(25-20)27-31-18-10-6-8-16(11-18)22(28)29/h5-11,13H,12H2,1-4H3,(H,28,29)(H,25,26,27). The van der Waals surface area contributed by atoms with Crippen LogP contribution >= 0.6 is 23.5 Å². The van der Waals surface area contributed by atoms with E-state index >= 15 is 0 Å². The monoisotopic (exact) mass is 457 g/mol. The number of nitrogens with zero attached hydrogens (tertiary/aromatic N) is 2. The summed E-state index contributed by atoms with van der Waals surface area (Å²) in [7, 11) is 0. The van der Waals surface area contributed by atoms with Gasteiger partial charge in [0.15, 0.2) is 0 Å². The van der Waals surface area contributed by atoms with Crippen molar-refractivity contribution in [2.75, 3.05) is 4.72 Å². The van der Waals surface area contributed by atoms with Gasteiger partial charge in [-0.15, -0.1) is 0 Å². The zero-order valence-corrected chi connectivity index (χ0v) is 19.3. The van der Waals surface area contributed by atoms with Gasteiger partial charge in [-0.3, -0.25) is 4.72 Å². The van der Waals surface area contributed by atoms with E-state index in [1.165, 1.54) is 11.9 Å². The first kappa shape index (κ1) is 23.1.